The van der Waals surface area contributed by atoms with Crippen molar-refractivity contribution in [2.45, 2.75) is 50.6 Å². The zero-order chi connectivity index (χ0) is 17.2. The summed E-state index contributed by atoms with van der Waals surface area (Å²) in [5.74, 6) is 1.24. The van der Waals surface area contributed by atoms with Crippen LogP contribution < -0.4 is 4.90 Å². The van der Waals surface area contributed by atoms with E-state index >= 15 is 0 Å². The van der Waals surface area contributed by atoms with Gasteiger partial charge in [0.25, 0.3) is 0 Å². The van der Waals surface area contributed by atoms with Gasteiger partial charge >= 0.3 is 0 Å². The lowest BCUT2D eigenvalue weighted by Crippen LogP contribution is -2.65. The van der Waals surface area contributed by atoms with Crippen molar-refractivity contribution in [3.05, 3.63) is 42.0 Å². The van der Waals surface area contributed by atoms with Gasteiger partial charge in [-0.15, -0.1) is 0 Å². The van der Waals surface area contributed by atoms with Gasteiger partial charge < -0.3 is 4.90 Å². The molecule has 6 rings (SSSR count). The highest BCUT2D eigenvalue weighted by Gasteiger charge is 2.86. The number of benzene rings is 1. The van der Waals surface area contributed by atoms with Crippen LogP contribution in [-0.4, -0.2) is 35.5 Å². The second kappa shape index (κ2) is 4.03. The molecule has 3 spiro atoms. The van der Waals surface area contributed by atoms with E-state index in [1.165, 1.54) is 24.1 Å². The summed E-state index contributed by atoms with van der Waals surface area (Å²) in [6.07, 6.45) is 7.36. The fraction of sp³-hybridized carbons (Fsp3) is 0.591. The van der Waals surface area contributed by atoms with Crippen LogP contribution in [0.4, 0.5) is 5.69 Å². The van der Waals surface area contributed by atoms with Gasteiger partial charge in [-0.1, -0.05) is 44.2 Å². The number of carbonyl (C=O) groups excluding carboxylic acids is 1. The summed E-state index contributed by atoms with van der Waals surface area (Å²) < 4.78 is 0. The normalized spacial score (nSPS) is 48.6. The molecule has 0 N–H and O–H groups in total. The fourth-order valence-corrected chi connectivity index (χ4v) is 8.68. The number of para-hydroxylation sites is 1. The Hall–Kier alpha value is -1.61. The Labute approximate surface area is 149 Å². The van der Waals surface area contributed by atoms with E-state index < -0.39 is 0 Å². The van der Waals surface area contributed by atoms with E-state index in [4.69, 9.17) is 0 Å². The van der Waals surface area contributed by atoms with Crippen molar-refractivity contribution >= 4 is 11.6 Å². The predicted molar refractivity (Wildman–Crippen MR) is 98.5 cm³/mol. The molecule has 3 fully saturated rings. The van der Waals surface area contributed by atoms with Crippen molar-refractivity contribution in [1.82, 2.24) is 4.90 Å². The van der Waals surface area contributed by atoms with E-state index in [1.807, 2.05) is 0 Å². The largest absolute Gasteiger partial charge is 0.305 e. The highest BCUT2D eigenvalue weighted by molar-refractivity contribution is 5.98. The third kappa shape index (κ3) is 1.14. The van der Waals surface area contributed by atoms with E-state index in [1.54, 1.807) is 6.92 Å². The number of hydrogen-bond donors (Lipinski definition) is 0. The molecule has 0 aromatic heterocycles. The zero-order valence-corrected chi connectivity index (χ0v) is 15.3. The summed E-state index contributed by atoms with van der Waals surface area (Å²) in [4.78, 5) is 18.0. The van der Waals surface area contributed by atoms with Crippen molar-refractivity contribution in [2.75, 3.05) is 18.0 Å². The minimum absolute atomic E-state index is 0.0589. The molecule has 130 valence electrons. The molecule has 1 aromatic carbocycles. The van der Waals surface area contributed by atoms with Crippen LogP contribution in [0.15, 0.2) is 36.4 Å². The van der Waals surface area contributed by atoms with E-state index in [0.29, 0.717) is 17.9 Å². The van der Waals surface area contributed by atoms with Crippen LogP contribution in [-0.2, 0) is 10.2 Å². The second-order valence-corrected chi connectivity index (χ2v) is 9.16. The van der Waals surface area contributed by atoms with E-state index in [-0.39, 0.29) is 22.3 Å². The molecule has 2 saturated carbocycles. The topological polar surface area (TPSA) is 23.6 Å². The van der Waals surface area contributed by atoms with Crippen LogP contribution >= 0.6 is 0 Å². The summed E-state index contributed by atoms with van der Waals surface area (Å²) in [5, 5.41) is 0. The minimum atomic E-state index is -0.0589. The van der Waals surface area contributed by atoms with Gasteiger partial charge in [-0.25, -0.2) is 0 Å². The predicted octanol–water partition coefficient (Wildman–Crippen LogP) is 3.35. The van der Waals surface area contributed by atoms with Gasteiger partial charge in [0.2, 0.25) is 5.91 Å². The van der Waals surface area contributed by atoms with Gasteiger partial charge in [-0.3, -0.25) is 9.69 Å². The number of hydrogen-bond acceptors (Lipinski definition) is 2. The first kappa shape index (κ1) is 14.5. The molecule has 6 atom stereocenters. The van der Waals surface area contributed by atoms with Crippen molar-refractivity contribution in [3.8, 4) is 0 Å². The SMILES string of the molecule is CC(=O)N1c2ccccc2[C@@]23CCN4CC=C[C@@]5(C[C@@H](C)[C@]12[C@@H]5C)[C@H]43. The number of carbonyl (C=O) groups is 1. The molecule has 3 heterocycles. The first-order chi connectivity index (χ1) is 12.0. The Morgan fingerprint density at radius 3 is 2.84 bits per heavy atom. The fourth-order valence-electron chi connectivity index (χ4n) is 8.68. The maximum atomic E-state index is 13.0. The number of rotatable bonds is 0. The second-order valence-electron chi connectivity index (χ2n) is 9.16. The molecule has 5 aliphatic rings. The Morgan fingerprint density at radius 1 is 1.24 bits per heavy atom. The van der Waals surface area contributed by atoms with Crippen LogP contribution in [0.1, 0.15) is 39.2 Å². The van der Waals surface area contributed by atoms with Gasteiger partial charge in [-0.2, -0.15) is 0 Å². The molecule has 2 aliphatic carbocycles. The van der Waals surface area contributed by atoms with Crippen LogP contribution in [0.5, 0.6) is 0 Å². The Balaban J connectivity index is 1.77. The smallest absolute Gasteiger partial charge is 0.224 e. The Bertz CT molecular complexity index is 846. The van der Waals surface area contributed by atoms with Gasteiger partial charge in [0.1, 0.15) is 0 Å². The standard InChI is InChI=1S/C22H26N2O/c1-14-13-20-9-6-11-23-12-10-21(19(20)23)17-7-4-5-8-18(17)24(16(3)25)22(14,21)15(20)2/h4-9,14-15,19H,10-13H2,1-3H3/t14-,15-,19+,20+,21-,22-/m1/s1. The highest BCUT2D eigenvalue weighted by Crippen LogP contribution is 2.80. The molecular weight excluding hydrogens is 308 g/mol. The molecule has 3 heteroatoms. The maximum Gasteiger partial charge on any atom is 0.224 e. The molecular formula is C22H26N2O. The number of nitrogens with zero attached hydrogens (tertiary/aromatic N) is 2. The van der Waals surface area contributed by atoms with Crippen LogP contribution in [0.3, 0.4) is 0 Å². The zero-order valence-electron chi connectivity index (χ0n) is 15.3. The molecule has 2 bridgehead atoms. The number of amides is 1. The molecule has 25 heavy (non-hydrogen) atoms. The van der Waals surface area contributed by atoms with Gasteiger partial charge in [0.15, 0.2) is 0 Å². The van der Waals surface area contributed by atoms with E-state index in [2.05, 4.69) is 60.1 Å². The first-order valence-electron chi connectivity index (χ1n) is 9.84. The Kier molecular flexibility index (Phi) is 2.35. The lowest BCUT2D eigenvalue weighted by molar-refractivity contribution is -0.118. The first-order valence-corrected chi connectivity index (χ1v) is 9.84. The third-order valence-corrected chi connectivity index (χ3v) is 8.80. The van der Waals surface area contributed by atoms with Crippen LogP contribution in [0.25, 0.3) is 0 Å². The highest BCUT2D eigenvalue weighted by atomic mass is 16.2. The average molecular weight is 334 g/mol. The number of fused-ring (bicyclic) bond motifs is 1. The Morgan fingerprint density at radius 2 is 2.04 bits per heavy atom. The van der Waals surface area contributed by atoms with Crippen molar-refractivity contribution in [3.63, 3.8) is 0 Å². The van der Waals surface area contributed by atoms with Crippen molar-refractivity contribution in [2.24, 2.45) is 17.3 Å². The summed E-state index contributed by atoms with van der Waals surface area (Å²) in [5.41, 5.74) is 2.93. The third-order valence-electron chi connectivity index (χ3n) is 8.80. The lowest BCUT2D eigenvalue weighted by Gasteiger charge is -2.53. The van der Waals surface area contributed by atoms with Gasteiger partial charge in [0, 0.05) is 36.0 Å². The lowest BCUT2D eigenvalue weighted by atomic mass is 9.57. The molecule has 1 saturated heterocycles. The molecule has 1 amide bonds. The van der Waals surface area contributed by atoms with Gasteiger partial charge in [0.05, 0.1) is 5.54 Å². The van der Waals surface area contributed by atoms with Crippen LogP contribution in [0.2, 0.25) is 0 Å². The van der Waals surface area contributed by atoms with Gasteiger partial charge in [-0.05, 0) is 42.9 Å². The summed E-state index contributed by atoms with van der Waals surface area (Å²) in [7, 11) is 0. The quantitative estimate of drug-likeness (QED) is 0.679. The summed E-state index contributed by atoms with van der Waals surface area (Å²) >= 11 is 0. The molecule has 3 nitrogen and oxygen atoms in total. The van der Waals surface area contributed by atoms with E-state index in [0.717, 1.165) is 13.1 Å². The average Bonchev–Trinajstić information content (AvgIpc) is 3.22. The van der Waals surface area contributed by atoms with E-state index in [9.17, 15) is 4.79 Å². The molecule has 3 aliphatic heterocycles. The minimum Gasteiger partial charge on any atom is -0.305 e. The van der Waals surface area contributed by atoms with Crippen molar-refractivity contribution < 1.29 is 4.79 Å². The summed E-state index contributed by atoms with van der Waals surface area (Å²) in [6.45, 7) is 8.88. The molecule has 0 unspecified atom stereocenters. The van der Waals surface area contributed by atoms with Crippen LogP contribution in [0, 0.1) is 17.3 Å². The molecule has 1 aromatic rings. The monoisotopic (exact) mass is 334 g/mol. The van der Waals surface area contributed by atoms with Crippen molar-refractivity contribution in [1.29, 1.82) is 0 Å². The molecule has 0 radical (unpaired) electrons. The summed E-state index contributed by atoms with van der Waals surface area (Å²) in [6, 6.07) is 9.37. The maximum absolute atomic E-state index is 13.0. The number of anilines is 1.